The predicted octanol–water partition coefficient (Wildman–Crippen LogP) is 3.46. The molecule has 0 amide bonds. The topological polar surface area (TPSA) is 30.5 Å². The van der Waals surface area contributed by atoms with Gasteiger partial charge in [0, 0.05) is 12.6 Å². The molecule has 114 valence electrons. The number of hydrogen-bond acceptors (Lipinski definition) is 3. The number of rotatable bonds is 7. The van der Waals surface area contributed by atoms with Crippen LogP contribution in [0, 0.1) is 0 Å². The quantitative estimate of drug-likeness (QED) is 0.795. The highest BCUT2D eigenvalue weighted by Gasteiger charge is 2.01. The van der Waals surface area contributed by atoms with E-state index in [-0.39, 0.29) is 12.4 Å². The highest BCUT2D eigenvalue weighted by molar-refractivity contribution is 5.85. The second kappa shape index (κ2) is 9.27. The average molecular weight is 308 g/mol. The summed E-state index contributed by atoms with van der Waals surface area (Å²) in [6.45, 7) is 1.75. The third kappa shape index (κ3) is 5.66. The van der Waals surface area contributed by atoms with E-state index in [0.717, 1.165) is 36.6 Å². The second-order valence-corrected chi connectivity index (χ2v) is 4.63. The lowest BCUT2D eigenvalue weighted by atomic mass is 10.1. The Labute approximate surface area is 132 Å². The highest BCUT2D eigenvalue weighted by Crippen LogP contribution is 2.22. The number of hydrogen-bond donors (Lipinski definition) is 1. The van der Waals surface area contributed by atoms with Gasteiger partial charge in [-0.1, -0.05) is 30.3 Å². The highest BCUT2D eigenvalue weighted by atomic mass is 35.5. The Kier molecular flexibility index (Phi) is 7.65. The second-order valence-electron chi connectivity index (χ2n) is 4.63. The van der Waals surface area contributed by atoms with Crippen molar-refractivity contribution >= 4 is 12.4 Å². The molecule has 2 aromatic carbocycles. The molecule has 0 aromatic heterocycles. The van der Waals surface area contributed by atoms with Gasteiger partial charge in [-0.25, -0.2) is 0 Å². The SMILES string of the molecule is COc1cc(CNCCc2ccccc2)cc(OC)c1.Cl. The average Bonchev–Trinajstić information content (AvgIpc) is 2.52. The molecule has 0 aliphatic carbocycles. The molecule has 0 radical (unpaired) electrons. The van der Waals surface area contributed by atoms with Crippen molar-refractivity contribution < 1.29 is 9.47 Å². The molecule has 21 heavy (non-hydrogen) atoms. The number of methoxy groups -OCH3 is 2. The lowest BCUT2D eigenvalue weighted by Gasteiger charge is -2.09. The number of ether oxygens (including phenoxy) is 2. The predicted molar refractivity (Wildman–Crippen MR) is 88.6 cm³/mol. The zero-order valence-electron chi connectivity index (χ0n) is 12.5. The maximum atomic E-state index is 5.27. The van der Waals surface area contributed by atoms with Crippen LogP contribution in [-0.4, -0.2) is 20.8 Å². The standard InChI is InChI=1S/C17H21NO2.ClH/c1-19-16-10-15(11-17(12-16)20-2)13-18-9-8-14-6-4-3-5-7-14;/h3-7,10-12,18H,8-9,13H2,1-2H3;1H. The molecule has 2 rings (SSSR count). The van der Waals surface area contributed by atoms with Gasteiger partial charge in [0.2, 0.25) is 0 Å². The summed E-state index contributed by atoms with van der Waals surface area (Å²) >= 11 is 0. The summed E-state index contributed by atoms with van der Waals surface area (Å²) < 4.78 is 10.5. The van der Waals surface area contributed by atoms with Crippen molar-refractivity contribution in [3.63, 3.8) is 0 Å². The van der Waals surface area contributed by atoms with Crippen LogP contribution >= 0.6 is 12.4 Å². The molecule has 4 heteroatoms. The summed E-state index contributed by atoms with van der Waals surface area (Å²) in [7, 11) is 3.34. The summed E-state index contributed by atoms with van der Waals surface area (Å²) in [4.78, 5) is 0. The maximum absolute atomic E-state index is 5.27. The summed E-state index contributed by atoms with van der Waals surface area (Å²) in [6, 6.07) is 16.4. The minimum absolute atomic E-state index is 0. The van der Waals surface area contributed by atoms with Crippen LogP contribution in [0.15, 0.2) is 48.5 Å². The van der Waals surface area contributed by atoms with Crippen LogP contribution in [0.4, 0.5) is 0 Å². The van der Waals surface area contributed by atoms with Gasteiger partial charge in [0.25, 0.3) is 0 Å². The van der Waals surface area contributed by atoms with Crippen LogP contribution in [0.1, 0.15) is 11.1 Å². The Bertz CT molecular complexity index is 509. The van der Waals surface area contributed by atoms with E-state index in [9.17, 15) is 0 Å². The van der Waals surface area contributed by atoms with Gasteiger partial charge in [0.1, 0.15) is 11.5 Å². The fraction of sp³-hybridized carbons (Fsp3) is 0.294. The zero-order valence-corrected chi connectivity index (χ0v) is 13.3. The van der Waals surface area contributed by atoms with Crippen LogP contribution in [0.3, 0.4) is 0 Å². The van der Waals surface area contributed by atoms with E-state index in [2.05, 4.69) is 29.6 Å². The fourth-order valence-corrected chi connectivity index (χ4v) is 2.08. The summed E-state index contributed by atoms with van der Waals surface area (Å²) in [5.74, 6) is 1.65. The molecule has 0 atom stereocenters. The molecule has 0 bridgehead atoms. The lowest BCUT2D eigenvalue weighted by Crippen LogP contribution is -2.16. The van der Waals surface area contributed by atoms with Crippen LogP contribution in [0.2, 0.25) is 0 Å². The van der Waals surface area contributed by atoms with Crippen LogP contribution in [-0.2, 0) is 13.0 Å². The van der Waals surface area contributed by atoms with E-state index in [1.807, 2.05) is 24.3 Å². The van der Waals surface area contributed by atoms with E-state index < -0.39 is 0 Å². The van der Waals surface area contributed by atoms with Crippen molar-refractivity contribution in [3.8, 4) is 11.5 Å². The third-order valence-electron chi connectivity index (χ3n) is 3.17. The lowest BCUT2D eigenvalue weighted by molar-refractivity contribution is 0.393. The van der Waals surface area contributed by atoms with Crippen molar-refractivity contribution in [2.24, 2.45) is 0 Å². The zero-order chi connectivity index (χ0) is 14.2. The number of nitrogens with one attached hydrogen (secondary N) is 1. The molecule has 0 heterocycles. The largest absolute Gasteiger partial charge is 0.497 e. The van der Waals surface area contributed by atoms with Gasteiger partial charge in [-0.05, 0) is 36.2 Å². The van der Waals surface area contributed by atoms with Gasteiger partial charge in [0.05, 0.1) is 14.2 Å². The Balaban J connectivity index is 0.00000220. The Morgan fingerprint density at radius 3 is 2.05 bits per heavy atom. The number of halogens is 1. The fourth-order valence-electron chi connectivity index (χ4n) is 2.08. The first-order valence-corrected chi connectivity index (χ1v) is 6.78. The molecule has 0 spiro atoms. The molecule has 2 aromatic rings. The summed E-state index contributed by atoms with van der Waals surface area (Å²) in [5, 5.41) is 3.44. The minimum Gasteiger partial charge on any atom is -0.497 e. The molecule has 1 N–H and O–H groups in total. The third-order valence-corrected chi connectivity index (χ3v) is 3.17. The van der Waals surface area contributed by atoms with Crippen molar-refractivity contribution in [1.82, 2.24) is 5.32 Å². The smallest absolute Gasteiger partial charge is 0.122 e. The molecule has 0 aliphatic rings. The molecular formula is C17H22ClNO2. The van der Waals surface area contributed by atoms with E-state index in [0.29, 0.717) is 0 Å². The van der Waals surface area contributed by atoms with E-state index in [4.69, 9.17) is 9.47 Å². The first-order chi connectivity index (χ1) is 9.81. The Morgan fingerprint density at radius 2 is 1.48 bits per heavy atom. The summed E-state index contributed by atoms with van der Waals surface area (Å²) in [5.41, 5.74) is 2.51. The molecule has 0 aliphatic heterocycles. The Morgan fingerprint density at radius 1 is 0.857 bits per heavy atom. The van der Waals surface area contributed by atoms with Crippen LogP contribution < -0.4 is 14.8 Å². The Hall–Kier alpha value is -1.71. The van der Waals surface area contributed by atoms with Crippen molar-refractivity contribution in [3.05, 3.63) is 59.7 Å². The van der Waals surface area contributed by atoms with E-state index in [1.54, 1.807) is 14.2 Å². The number of benzene rings is 2. The minimum atomic E-state index is 0. The molecule has 0 fully saturated rings. The van der Waals surface area contributed by atoms with Gasteiger partial charge in [-0.2, -0.15) is 0 Å². The maximum Gasteiger partial charge on any atom is 0.122 e. The van der Waals surface area contributed by atoms with Crippen molar-refractivity contribution in [2.75, 3.05) is 20.8 Å². The van der Waals surface area contributed by atoms with Gasteiger partial charge in [-0.15, -0.1) is 12.4 Å². The van der Waals surface area contributed by atoms with Gasteiger partial charge < -0.3 is 14.8 Å². The van der Waals surface area contributed by atoms with Gasteiger partial charge >= 0.3 is 0 Å². The van der Waals surface area contributed by atoms with E-state index >= 15 is 0 Å². The van der Waals surface area contributed by atoms with Crippen LogP contribution in [0.25, 0.3) is 0 Å². The van der Waals surface area contributed by atoms with Crippen molar-refractivity contribution in [1.29, 1.82) is 0 Å². The summed E-state index contributed by atoms with van der Waals surface area (Å²) in [6.07, 6.45) is 1.03. The van der Waals surface area contributed by atoms with Crippen molar-refractivity contribution in [2.45, 2.75) is 13.0 Å². The first kappa shape index (κ1) is 17.3. The van der Waals surface area contributed by atoms with Gasteiger partial charge in [0.15, 0.2) is 0 Å². The molecular weight excluding hydrogens is 286 g/mol. The van der Waals surface area contributed by atoms with E-state index in [1.165, 1.54) is 5.56 Å². The molecule has 3 nitrogen and oxygen atoms in total. The molecule has 0 unspecified atom stereocenters. The normalized spacial score (nSPS) is 9.81. The first-order valence-electron chi connectivity index (χ1n) is 6.78. The monoisotopic (exact) mass is 307 g/mol. The molecule has 0 saturated heterocycles. The van der Waals surface area contributed by atoms with Gasteiger partial charge in [-0.3, -0.25) is 0 Å². The molecule has 0 saturated carbocycles. The van der Waals surface area contributed by atoms with Crippen LogP contribution in [0.5, 0.6) is 11.5 Å².